The Balaban J connectivity index is 4.34. The largest absolute Gasteiger partial charge is 0.0654 e. The van der Waals surface area contributed by atoms with Crippen LogP contribution in [-0.2, 0) is 0 Å². The Bertz CT molecular complexity index is 257. The van der Waals surface area contributed by atoms with Gasteiger partial charge in [-0.25, -0.2) is 0 Å². The van der Waals surface area contributed by atoms with Crippen LogP contribution in [0, 0.1) is 18.3 Å². The third-order valence-electron chi connectivity index (χ3n) is 6.26. The molecule has 0 aliphatic carbocycles. The van der Waals surface area contributed by atoms with Crippen molar-refractivity contribution in [3.8, 4) is 0 Å². The van der Waals surface area contributed by atoms with E-state index < -0.39 is 0 Å². The molecule has 0 bridgehead atoms. The fourth-order valence-corrected chi connectivity index (χ4v) is 4.38. The molecule has 1 radical (unpaired) electrons. The quantitative estimate of drug-likeness (QED) is 0.164. The minimum absolute atomic E-state index is 0.901. The third kappa shape index (κ3) is 19.1. The van der Waals surface area contributed by atoms with Crippen LogP contribution in [0.2, 0.25) is 0 Å². The average molecular weight is 380 g/mol. The minimum Gasteiger partial charge on any atom is -0.0654 e. The van der Waals surface area contributed by atoms with Crippen molar-refractivity contribution in [2.24, 2.45) is 11.8 Å². The smallest absolute Gasteiger partial charge is 0.0324 e. The molecule has 0 saturated heterocycles. The maximum Gasteiger partial charge on any atom is -0.0324 e. The van der Waals surface area contributed by atoms with E-state index in [9.17, 15) is 0 Å². The van der Waals surface area contributed by atoms with Crippen LogP contribution in [-0.4, -0.2) is 0 Å². The Hall–Kier alpha value is 0. The lowest BCUT2D eigenvalue weighted by Crippen LogP contribution is -2.11. The van der Waals surface area contributed by atoms with Gasteiger partial charge in [0.15, 0.2) is 0 Å². The summed E-state index contributed by atoms with van der Waals surface area (Å²) in [4.78, 5) is 0. The van der Waals surface area contributed by atoms with Gasteiger partial charge in [0.2, 0.25) is 0 Å². The van der Waals surface area contributed by atoms with Gasteiger partial charge in [0.05, 0.1) is 0 Å². The third-order valence-corrected chi connectivity index (χ3v) is 6.26. The Kier molecular flexibility index (Phi) is 22.3. The van der Waals surface area contributed by atoms with E-state index in [1.807, 2.05) is 0 Å². The molecule has 0 aliphatic rings. The summed E-state index contributed by atoms with van der Waals surface area (Å²) < 4.78 is 0. The normalized spacial score (nSPS) is 13.8. The van der Waals surface area contributed by atoms with Crippen LogP contribution < -0.4 is 0 Å². The highest BCUT2D eigenvalue weighted by atomic mass is 14.2. The molecule has 27 heavy (non-hydrogen) atoms. The molecule has 0 spiro atoms. The van der Waals surface area contributed by atoms with Crippen molar-refractivity contribution in [3.63, 3.8) is 0 Å². The molecule has 0 N–H and O–H groups in total. The molecule has 0 amide bonds. The first-order valence-electron chi connectivity index (χ1n) is 13.1. The number of unbranched alkanes of at least 4 members (excludes halogenated alkanes) is 12. The monoisotopic (exact) mass is 379 g/mol. The summed E-state index contributed by atoms with van der Waals surface area (Å²) in [6, 6.07) is 0. The highest BCUT2D eigenvalue weighted by Gasteiger charge is 2.16. The zero-order valence-electron chi connectivity index (χ0n) is 19.9. The first-order chi connectivity index (χ1) is 13.3. The van der Waals surface area contributed by atoms with Gasteiger partial charge in [0, 0.05) is 0 Å². The fraction of sp³-hybridized carbons (Fsp3) is 0.963. The maximum absolute atomic E-state index is 2.85. The van der Waals surface area contributed by atoms with Crippen molar-refractivity contribution < 1.29 is 0 Å². The average Bonchev–Trinajstić information content (AvgIpc) is 2.68. The van der Waals surface area contributed by atoms with Gasteiger partial charge < -0.3 is 0 Å². The zero-order valence-corrected chi connectivity index (χ0v) is 19.9. The van der Waals surface area contributed by atoms with Gasteiger partial charge in [-0.3, -0.25) is 0 Å². The predicted molar refractivity (Wildman–Crippen MR) is 126 cm³/mol. The topological polar surface area (TPSA) is 0 Å². The molecule has 0 aromatic heterocycles. The van der Waals surface area contributed by atoms with E-state index in [0.29, 0.717) is 0 Å². The summed E-state index contributed by atoms with van der Waals surface area (Å²) in [5.41, 5.74) is 0. The Morgan fingerprint density at radius 1 is 0.370 bits per heavy atom. The number of hydrogen-bond acceptors (Lipinski definition) is 0. The number of rotatable bonds is 22. The molecule has 0 saturated carbocycles. The van der Waals surface area contributed by atoms with Crippen molar-refractivity contribution in [1.29, 1.82) is 0 Å². The van der Waals surface area contributed by atoms with Crippen LogP contribution in [0.3, 0.4) is 0 Å². The van der Waals surface area contributed by atoms with Crippen molar-refractivity contribution >= 4 is 0 Å². The van der Waals surface area contributed by atoms with Crippen LogP contribution in [0.1, 0.15) is 156 Å². The summed E-state index contributed by atoms with van der Waals surface area (Å²) >= 11 is 0. The van der Waals surface area contributed by atoms with E-state index in [0.717, 1.165) is 11.8 Å². The number of hydrogen-bond donors (Lipinski definition) is 0. The molecular formula is C27H55. The Morgan fingerprint density at radius 2 is 0.667 bits per heavy atom. The summed E-state index contributed by atoms with van der Waals surface area (Å²) in [5, 5.41) is 0. The van der Waals surface area contributed by atoms with Crippen LogP contribution in [0.15, 0.2) is 0 Å². The van der Waals surface area contributed by atoms with E-state index in [1.165, 1.54) is 128 Å². The lowest BCUT2D eigenvalue weighted by molar-refractivity contribution is 0.368. The van der Waals surface area contributed by atoms with E-state index in [4.69, 9.17) is 0 Å². The van der Waals surface area contributed by atoms with Gasteiger partial charge in [0.1, 0.15) is 0 Å². The molecule has 0 aliphatic heterocycles. The summed E-state index contributed by atoms with van der Waals surface area (Å²) in [7, 11) is 0. The first-order valence-corrected chi connectivity index (χ1v) is 13.1. The zero-order chi connectivity index (χ0) is 20.0. The van der Waals surface area contributed by atoms with Gasteiger partial charge in [-0.1, -0.05) is 156 Å². The van der Waals surface area contributed by atoms with Gasteiger partial charge >= 0.3 is 0 Å². The summed E-state index contributed by atoms with van der Waals surface area (Å²) in [5.74, 6) is 1.80. The van der Waals surface area contributed by atoms with Crippen LogP contribution in [0.4, 0.5) is 0 Å². The lowest BCUT2D eigenvalue weighted by Gasteiger charge is -2.24. The molecule has 0 rings (SSSR count). The highest BCUT2D eigenvalue weighted by molar-refractivity contribution is 4.84. The fourth-order valence-electron chi connectivity index (χ4n) is 4.38. The van der Waals surface area contributed by atoms with E-state index in [2.05, 4.69) is 34.1 Å². The maximum atomic E-state index is 2.85. The molecule has 2 unspecified atom stereocenters. The minimum atomic E-state index is 0.901. The van der Waals surface area contributed by atoms with Crippen molar-refractivity contribution in [2.75, 3.05) is 0 Å². The SMILES string of the molecule is CCCCCCCC([CH]C(CCCCCC)CCCCCCC)CCCC. The summed E-state index contributed by atoms with van der Waals surface area (Å²) in [6.07, 6.45) is 31.5. The van der Waals surface area contributed by atoms with Gasteiger partial charge in [-0.2, -0.15) is 0 Å². The van der Waals surface area contributed by atoms with Crippen LogP contribution >= 0.6 is 0 Å². The predicted octanol–water partition coefficient (Wildman–Crippen LogP) is 10.3. The van der Waals surface area contributed by atoms with Gasteiger partial charge in [0.25, 0.3) is 0 Å². The molecule has 0 heteroatoms. The van der Waals surface area contributed by atoms with E-state index >= 15 is 0 Å². The molecular weight excluding hydrogens is 324 g/mol. The Morgan fingerprint density at radius 3 is 1.04 bits per heavy atom. The van der Waals surface area contributed by atoms with E-state index in [-0.39, 0.29) is 0 Å². The lowest BCUT2D eigenvalue weighted by atomic mass is 9.82. The first kappa shape index (κ1) is 27.0. The van der Waals surface area contributed by atoms with E-state index in [1.54, 1.807) is 0 Å². The second-order valence-electron chi connectivity index (χ2n) is 9.11. The van der Waals surface area contributed by atoms with Gasteiger partial charge in [-0.05, 0) is 18.3 Å². The molecule has 0 heterocycles. The molecule has 163 valence electrons. The molecule has 2 atom stereocenters. The summed E-state index contributed by atoms with van der Waals surface area (Å²) in [6.45, 7) is 9.33. The van der Waals surface area contributed by atoms with Crippen molar-refractivity contribution in [3.05, 3.63) is 6.42 Å². The molecule has 0 aromatic rings. The van der Waals surface area contributed by atoms with Crippen molar-refractivity contribution in [2.45, 2.75) is 156 Å². The molecule has 0 nitrogen and oxygen atoms in total. The second-order valence-corrected chi connectivity index (χ2v) is 9.11. The van der Waals surface area contributed by atoms with Crippen LogP contribution in [0.5, 0.6) is 0 Å². The highest BCUT2D eigenvalue weighted by Crippen LogP contribution is 2.29. The second kappa shape index (κ2) is 22.3. The standard InChI is InChI=1S/C27H55/c1-5-9-13-16-19-23-26(21-12-8-4)25-27(22-18-15-11-7-3)24-20-17-14-10-6-2/h25-27H,5-24H2,1-4H3. The van der Waals surface area contributed by atoms with Gasteiger partial charge in [-0.15, -0.1) is 0 Å². The molecule has 0 aromatic carbocycles. The van der Waals surface area contributed by atoms with Crippen LogP contribution in [0.25, 0.3) is 0 Å². The van der Waals surface area contributed by atoms with Crippen molar-refractivity contribution in [1.82, 2.24) is 0 Å². The molecule has 0 fully saturated rings. The Labute approximate surface area is 174 Å².